The lowest BCUT2D eigenvalue weighted by Crippen LogP contribution is -2.35. The molecule has 4 rings (SSSR count). The molecule has 3 heterocycles. The number of anilines is 1. The molecule has 0 spiro atoms. The van der Waals surface area contributed by atoms with Gasteiger partial charge >= 0.3 is 0 Å². The molecule has 0 radical (unpaired) electrons. The summed E-state index contributed by atoms with van der Waals surface area (Å²) in [5.74, 6) is 0.973. The van der Waals surface area contributed by atoms with E-state index < -0.39 is 21.4 Å². The van der Waals surface area contributed by atoms with E-state index in [0.29, 0.717) is 10.8 Å². The number of nitrogens with zero attached hydrogens (tertiary/aromatic N) is 6. The molecule has 1 aliphatic carbocycles. The van der Waals surface area contributed by atoms with Gasteiger partial charge in [0.1, 0.15) is 11.4 Å². The highest BCUT2D eigenvalue weighted by atomic mass is 35.5. The molecule has 0 bridgehead atoms. The number of hydrogen-bond acceptors (Lipinski definition) is 8. The second-order valence-electron chi connectivity index (χ2n) is 7.91. The highest BCUT2D eigenvalue weighted by molar-refractivity contribution is 7.93. The zero-order valence-electron chi connectivity index (χ0n) is 17.9. The van der Waals surface area contributed by atoms with E-state index in [9.17, 15) is 8.42 Å². The third-order valence-electron chi connectivity index (χ3n) is 4.99. The predicted molar refractivity (Wildman–Crippen MR) is 120 cm³/mol. The summed E-state index contributed by atoms with van der Waals surface area (Å²) in [6.45, 7) is 5.19. The fourth-order valence-electron chi connectivity index (χ4n) is 3.26. The molecule has 1 N–H and O–H groups in total. The molecule has 0 aliphatic heterocycles. The van der Waals surface area contributed by atoms with Crippen LogP contribution in [0.15, 0.2) is 36.9 Å². The van der Waals surface area contributed by atoms with Crippen molar-refractivity contribution in [3.8, 4) is 11.4 Å². The van der Waals surface area contributed by atoms with Crippen molar-refractivity contribution < 1.29 is 13.2 Å². The Hall–Kier alpha value is -2.63. The molecule has 32 heavy (non-hydrogen) atoms. The third kappa shape index (κ3) is 4.89. The van der Waals surface area contributed by atoms with E-state index in [1.165, 1.54) is 12.4 Å². The number of nitrogens with one attached hydrogen (secondary N) is 1. The van der Waals surface area contributed by atoms with Crippen LogP contribution in [-0.4, -0.2) is 49.5 Å². The number of halogens is 1. The second-order valence-corrected chi connectivity index (χ2v) is 10.4. The maximum Gasteiger partial charge on any atom is 0.240 e. The van der Waals surface area contributed by atoms with Crippen molar-refractivity contribution in [3.63, 3.8) is 0 Å². The van der Waals surface area contributed by atoms with Crippen LogP contribution in [0.4, 0.5) is 5.95 Å². The van der Waals surface area contributed by atoms with Gasteiger partial charge in [0.05, 0.1) is 11.1 Å². The number of hydrogen-bond donors (Lipinski definition) is 1. The van der Waals surface area contributed by atoms with E-state index in [4.69, 9.17) is 16.3 Å². The van der Waals surface area contributed by atoms with Crippen molar-refractivity contribution in [3.05, 3.63) is 47.8 Å². The Morgan fingerprint density at radius 1 is 1.16 bits per heavy atom. The average Bonchev–Trinajstić information content (AvgIpc) is 3.52. The predicted octanol–water partition coefficient (Wildman–Crippen LogP) is 3.41. The average molecular weight is 478 g/mol. The Kier molecular flexibility index (Phi) is 6.40. The quantitative estimate of drug-likeness (QED) is 0.497. The Labute approximate surface area is 191 Å². The number of rotatable bonds is 9. The van der Waals surface area contributed by atoms with E-state index in [2.05, 4.69) is 29.9 Å². The van der Waals surface area contributed by atoms with Gasteiger partial charge in [-0.25, -0.2) is 18.4 Å². The molecule has 2 atom stereocenters. The molecule has 1 fully saturated rings. The molecule has 0 unspecified atom stereocenters. The SMILES string of the molecule is CC(C)O[C@@H](c1ncc(Cl)cn1)[C@H](C)S(=O)(=O)Nc1nnc(-c2cccnc2)n1C1CC1. The summed E-state index contributed by atoms with van der Waals surface area (Å²) in [5.41, 5.74) is 0.765. The number of sulfonamides is 1. The molecular formula is C20H24ClN7O3S. The first-order valence-electron chi connectivity index (χ1n) is 10.3. The van der Waals surface area contributed by atoms with Crippen LogP contribution in [0.1, 0.15) is 51.6 Å². The highest BCUT2D eigenvalue weighted by Crippen LogP contribution is 2.40. The van der Waals surface area contributed by atoms with Crippen LogP contribution in [0.5, 0.6) is 0 Å². The first-order valence-corrected chi connectivity index (χ1v) is 12.2. The molecule has 1 aliphatic rings. The fraction of sp³-hybridized carbons (Fsp3) is 0.450. The monoisotopic (exact) mass is 477 g/mol. The molecule has 1 saturated carbocycles. The van der Waals surface area contributed by atoms with Crippen molar-refractivity contribution in [2.45, 2.75) is 57.1 Å². The van der Waals surface area contributed by atoms with Gasteiger partial charge in [-0.05, 0) is 45.7 Å². The first kappa shape index (κ1) is 22.6. The molecule has 3 aromatic rings. The van der Waals surface area contributed by atoms with E-state index in [-0.39, 0.29) is 23.9 Å². The van der Waals surface area contributed by atoms with Crippen LogP contribution in [-0.2, 0) is 14.8 Å². The Morgan fingerprint density at radius 2 is 1.88 bits per heavy atom. The largest absolute Gasteiger partial charge is 0.366 e. The Morgan fingerprint density at radius 3 is 2.47 bits per heavy atom. The number of pyridine rings is 1. The summed E-state index contributed by atoms with van der Waals surface area (Å²) >= 11 is 5.89. The van der Waals surface area contributed by atoms with Gasteiger partial charge in [0.25, 0.3) is 0 Å². The topological polar surface area (TPSA) is 125 Å². The van der Waals surface area contributed by atoms with E-state index >= 15 is 0 Å². The Balaban J connectivity index is 1.64. The van der Waals surface area contributed by atoms with Crippen molar-refractivity contribution in [2.75, 3.05) is 4.72 Å². The van der Waals surface area contributed by atoms with Gasteiger partial charge in [-0.15, -0.1) is 10.2 Å². The molecular weight excluding hydrogens is 454 g/mol. The summed E-state index contributed by atoms with van der Waals surface area (Å²) in [5, 5.41) is 7.70. The van der Waals surface area contributed by atoms with Crippen molar-refractivity contribution in [1.82, 2.24) is 29.7 Å². The van der Waals surface area contributed by atoms with E-state index in [1.807, 2.05) is 24.5 Å². The molecule has 0 saturated heterocycles. The van der Waals surface area contributed by atoms with Crippen molar-refractivity contribution >= 4 is 27.6 Å². The molecule has 10 nitrogen and oxygen atoms in total. The summed E-state index contributed by atoms with van der Waals surface area (Å²) in [4.78, 5) is 12.5. The van der Waals surface area contributed by atoms with Gasteiger partial charge < -0.3 is 4.74 Å². The van der Waals surface area contributed by atoms with E-state index in [0.717, 1.165) is 18.4 Å². The lowest BCUT2D eigenvalue weighted by atomic mass is 10.2. The van der Waals surface area contributed by atoms with Crippen molar-refractivity contribution in [1.29, 1.82) is 0 Å². The van der Waals surface area contributed by atoms with Gasteiger partial charge in [-0.1, -0.05) is 11.6 Å². The smallest absolute Gasteiger partial charge is 0.240 e. The van der Waals surface area contributed by atoms with Crippen LogP contribution in [0, 0.1) is 0 Å². The second kappa shape index (κ2) is 9.08. The zero-order chi connectivity index (χ0) is 22.9. The minimum Gasteiger partial charge on any atom is -0.366 e. The lowest BCUT2D eigenvalue weighted by molar-refractivity contribution is 0.00154. The Bertz CT molecular complexity index is 1170. The summed E-state index contributed by atoms with van der Waals surface area (Å²) in [6, 6.07) is 3.80. The standard InChI is InChI=1S/C20H24ClN7O3S/c1-12(2)31-17(18-23-10-15(21)11-24-18)13(3)32(29,30)27-20-26-25-19(28(20)16-6-7-16)14-5-4-8-22-9-14/h4-5,8-13,16-17H,6-7H2,1-3H3,(H,26,27)/t13-,17+/m0/s1. The normalized spacial score (nSPS) is 16.2. The van der Waals surface area contributed by atoms with Crippen LogP contribution in [0.25, 0.3) is 11.4 Å². The maximum atomic E-state index is 13.3. The minimum absolute atomic E-state index is 0.135. The molecule has 12 heteroatoms. The number of aromatic nitrogens is 6. The van der Waals surface area contributed by atoms with Crippen molar-refractivity contribution in [2.24, 2.45) is 0 Å². The van der Waals surface area contributed by atoms with Gasteiger partial charge in [-0.2, -0.15) is 0 Å². The summed E-state index contributed by atoms with van der Waals surface area (Å²) in [6.07, 6.45) is 6.87. The van der Waals surface area contributed by atoms with Gasteiger partial charge in [-0.3, -0.25) is 14.3 Å². The maximum absolute atomic E-state index is 13.3. The molecule has 0 amide bonds. The van der Waals surface area contributed by atoms with Gasteiger partial charge in [0.15, 0.2) is 11.6 Å². The first-order chi connectivity index (χ1) is 15.3. The van der Waals surface area contributed by atoms with E-state index in [1.54, 1.807) is 25.4 Å². The zero-order valence-corrected chi connectivity index (χ0v) is 19.5. The van der Waals surface area contributed by atoms with Crippen LogP contribution < -0.4 is 4.72 Å². The minimum atomic E-state index is -3.94. The lowest BCUT2D eigenvalue weighted by Gasteiger charge is -2.25. The summed E-state index contributed by atoms with van der Waals surface area (Å²) < 4.78 is 37.0. The van der Waals surface area contributed by atoms with Crippen LogP contribution >= 0.6 is 11.6 Å². The van der Waals surface area contributed by atoms with Gasteiger partial charge in [0.2, 0.25) is 16.0 Å². The van der Waals surface area contributed by atoms with Gasteiger partial charge in [0, 0.05) is 36.4 Å². The van der Waals surface area contributed by atoms with Crippen LogP contribution in [0.3, 0.4) is 0 Å². The van der Waals surface area contributed by atoms with Crippen LogP contribution in [0.2, 0.25) is 5.02 Å². The summed E-state index contributed by atoms with van der Waals surface area (Å²) in [7, 11) is -3.94. The molecule has 3 aromatic heterocycles. The number of ether oxygens (including phenoxy) is 1. The third-order valence-corrected chi connectivity index (χ3v) is 6.88. The molecule has 170 valence electrons. The molecule has 0 aromatic carbocycles. The fourth-order valence-corrected chi connectivity index (χ4v) is 4.45. The highest BCUT2D eigenvalue weighted by Gasteiger charge is 2.37.